The summed E-state index contributed by atoms with van der Waals surface area (Å²) in [5.74, 6) is -0.365. The second-order valence-corrected chi connectivity index (χ2v) is 6.93. The number of para-hydroxylation sites is 1. The molecule has 1 aromatic heterocycles. The number of aromatic nitrogens is 2. The number of aromatic amines is 1. The number of nitriles is 1. The first kappa shape index (κ1) is 22.7. The van der Waals surface area contributed by atoms with Crippen LogP contribution in [0.5, 0.6) is 5.75 Å². The molecule has 1 amide bonds. The lowest BCUT2D eigenvalue weighted by Gasteiger charge is -2.24. The van der Waals surface area contributed by atoms with Crippen LogP contribution in [-0.2, 0) is 16.1 Å². The van der Waals surface area contributed by atoms with Crippen LogP contribution in [0.1, 0.15) is 19.4 Å². The van der Waals surface area contributed by atoms with Gasteiger partial charge in [-0.05, 0) is 18.1 Å². The van der Waals surface area contributed by atoms with Gasteiger partial charge in [-0.3, -0.25) is 24.0 Å². The van der Waals surface area contributed by atoms with Crippen LogP contribution in [0.2, 0.25) is 0 Å². The van der Waals surface area contributed by atoms with E-state index in [1.54, 1.807) is 24.3 Å². The zero-order valence-electron chi connectivity index (χ0n) is 17.2. The number of benzene rings is 1. The molecule has 0 fully saturated rings. The van der Waals surface area contributed by atoms with E-state index in [4.69, 9.17) is 20.5 Å². The maximum atomic E-state index is 12.9. The number of hydrogen-bond donors (Lipinski definition) is 2. The molecule has 1 aromatic carbocycles. The number of methoxy groups -OCH3 is 1. The number of rotatable bonds is 9. The van der Waals surface area contributed by atoms with Gasteiger partial charge in [0, 0.05) is 20.2 Å². The summed E-state index contributed by atoms with van der Waals surface area (Å²) in [5.41, 5.74) is 4.83. The summed E-state index contributed by atoms with van der Waals surface area (Å²) in [6.45, 7) is 3.77. The third kappa shape index (κ3) is 5.27. The molecule has 0 unspecified atom stereocenters. The number of carbonyl (C=O) groups is 1. The van der Waals surface area contributed by atoms with Crippen LogP contribution in [0.15, 0.2) is 33.9 Å². The average Bonchev–Trinajstić information content (AvgIpc) is 2.71. The van der Waals surface area contributed by atoms with Gasteiger partial charge >= 0.3 is 5.69 Å². The van der Waals surface area contributed by atoms with Gasteiger partial charge in [-0.2, -0.15) is 5.26 Å². The molecule has 0 radical (unpaired) electrons. The van der Waals surface area contributed by atoms with Crippen molar-refractivity contribution >= 4 is 17.4 Å². The van der Waals surface area contributed by atoms with Crippen molar-refractivity contribution in [2.75, 3.05) is 37.5 Å². The van der Waals surface area contributed by atoms with Crippen molar-refractivity contribution in [2.24, 2.45) is 5.92 Å². The highest BCUT2D eigenvalue weighted by molar-refractivity contribution is 5.96. The largest absolute Gasteiger partial charge is 0.482 e. The van der Waals surface area contributed by atoms with E-state index < -0.39 is 23.8 Å². The standard InChI is InChI=1S/C20H25N5O5/c1-13(2)11-25-18(22)17(19(27)23-20(25)28)24(8-9-29-3)16(26)12-30-15-7-5-4-6-14(15)10-21/h4-7,13H,8-9,11-12,22H2,1-3H3,(H,23,27,28). The molecule has 0 atom stereocenters. The van der Waals surface area contributed by atoms with Crippen LogP contribution in [0.25, 0.3) is 0 Å². The summed E-state index contributed by atoms with van der Waals surface area (Å²) < 4.78 is 11.8. The van der Waals surface area contributed by atoms with E-state index in [0.717, 1.165) is 4.90 Å². The van der Waals surface area contributed by atoms with Crippen molar-refractivity contribution in [1.29, 1.82) is 5.26 Å². The summed E-state index contributed by atoms with van der Waals surface area (Å²) >= 11 is 0. The number of nitrogen functional groups attached to an aromatic ring is 1. The van der Waals surface area contributed by atoms with Gasteiger partial charge in [-0.15, -0.1) is 0 Å². The Kier molecular flexibility index (Phi) is 7.77. The number of anilines is 2. The smallest absolute Gasteiger partial charge is 0.330 e. The summed E-state index contributed by atoms with van der Waals surface area (Å²) in [5, 5.41) is 9.15. The molecule has 0 saturated heterocycles. The van der Waals surface area contributed by atoms with Crippen molar-refractivity contribution < 1.29 is 14.3 Å². The van der Waals surface area contributed by atoms with Crippen LogP contribution in [0.4, 0.5) is 11.5 Å². The third-order valence-electron chi connectivity index (χ3n) is 4.21. The summed E-state index contributed by atoms with van der Waals surface area (Å²) in [6, 6.07) is 8.46. The van der Waals surface area contributed by atoms with Crippen LogP contribution in [0, 0.1) is 17.2 Å². The van der Waals surface area contributed by atoms with Gasteiger partial charge in [0.25, 0.3) is 11.5 Å². The molecule has 160 valence electrons. The molecule has 3 N–H and O–H groups in total. The number of ether oxygens (including phenoxy) is 2. The van der Waals surface area contributed by atoms with E-state index >= 15 is 0 Å². The Labute approximate surface area is 173 Å². The van der Waals surface area contributed by atoms with Gasteiger partial charge < -0.3 is 15.2 Å². The minimum Gasteiger partial charge on any atom is -0.482 e. The highest BCUT2D eigenvalue weighted by Crippen LogP contribution is 2.20. The Morgan fingerprint density at radius 2 is 2.03 bits per heavy atom. The van der Waals surface area contributed by atoms with Crippen molar-refractivity contribution in [3.8, 4) is 11.8 Å². The molecule has 30 heavy (non-hydrogen) atoms. The average molecular weight is 415 g/mol. The SMILES string of the molecule is COCCN(C(=O)COc1ccccc1C#N)c1c(N)n(CC(C)C)c(=O)[nH]c1=O. The molecule has 0 aliphatic rings. The molecule has 0 aliphatic heterocycles. The first-order valence-corrected chi connectivity index (χ1v) is 9.34. The van der Waals surface area contributed by atoms with Crippen LogP contribution in [0.3, 0.4) is 0 Å². The van der Waals surface area contributed by atoms with Crippen LogP contribution < -0.4 is 26.6 Å². The van der Waals surface area contributed by atoms with E-state index in [1.807, 2.05) is 19.9 Å². The third-order valence-corrected chi connectivity index (χ3v) is 4.21. The molecule has 0 spiro atoms. The fourth-order valence-corrected chi connectivity index (χ4v) is 2.83. The normalized spacial score (nSPS) is 10.6. The van der Waals surface area contributed by atoms with E-state index in [-0.39, 0.29) is 48.4 Å². The summed E-state index contributed by atoms with van der Waals surface area (Å²) in [6.07, 6.45) is 0. The number of nitrogens with two attached hydrogens (primary N) is 1. The fraction of sp³-hybridized carbons (Fsp3) is 0.400. The highest BCUT2D eigenvalue weighted by atomic mass is 16.5. The molecule has 0 aliphatic carbocycles. The van der Waals surface area contributed by atoms with Crippen molar-refractivity contribution in [2.45, 2.75) is 20.4 Å². The zero-order valence-corrected chi connectivity index (χ0v) is 17.2. The van der Waals surface area contributed by atoms with E-state index in [2.05, 4.69) is 4.98 Å². The van der Waals surface area contributed by atoms with E-state index in [1.165, 1.54) is 11.7 Å². The molecule has 2 aromatic rings. The number of nitrogens with one attached hydrogen (secondary N) is 1. The molecular weight excluding hydrogens is 390 g/mol. The van der Waals surface area contributed by atoms with Gasteiger partial charge in [0.05, 0.1) is 12.2 Å². The molecule has 10 nitrogen and oxygen atoms in total. The Morgan fingerprint density at radius 3 is 2.67 bits per heavy atom. The lowest BCUT2D eigenvalue weighted by molar-refractivity contribution is -0.120. The lowest BCUT2D eigenvalue weighted by atomic mass is 10.2. The van der Waals surface area contributed by atoms with Gasteiger partial charge in [-0.1, -0.05) is 26.0 Å². The number of H-pyrrole nitrogens is 1. The van der Waals surface area contributed by atoms with Gasteiger partial charge in [0.1, 0.15) is 17.6 Å². The first-order chi connectivity index (χ1) is 14.3. The second-order valence-electron chi connectivity index (χ2n) is 6.93. The summed E-state index contributed by atoms with van der Waals surface area (Å²) in [4.78, 5) is 40.9. The van der Waals surface area contributed by atoms with E-state index in [0.29, 0.717) is 0 Å². The monoisotopic (exact) mass is 415 g/mol. The molecule has 1 heterocycles. The van der Waals surface area contributed by atoms with Crippen LogP contribution in [-0.4, -0.2) is 42.3 Å². The van der Waals surface area contributed by atoms with Gasteiger partial charge in [0.15, 0.2) is 12.3 Å². The highest BCUT2D eigenvalue weighted by Gasteiger charge is 2.25. The minimum atomic E-state index is -0.778. The second kappa shape index (κ2) is 10.3. The molecule has 0 saturated carbocycles. The number of carbonyl (C=O) groups excluding carboxylic acids is 1. The molecule has 10 heteroatoms. The summed E-state index contributed by atoms with van der Waals surface area (Å²) in [7, 11) is 1.45. The fourth-order valence-electron chi connectivity index (χ4n) is 2.83. The Hall–Kier alpha value is -3.58. The Morgan fingerprint density at radius 1 is 1.33 bits per heavy atom. The number of nitrogens with zero attached hydrogens (tertiary/aromatic N) is 3. The topological polar surface area (TPSA) is 143 Å². The first-order valence-electron chi connectivity index (χ1n) is 9.34. The zero-order chi connectivity index (χ0) is 22.3. The number of hydrogen-bond acceptors (Lipinski definition) is 7. The molecular formula is C20H25N5O5. The van der Waals surface area contributed by atoms with Crippen molar-refractivity contribution in [3.05, 3.63) is 50.7 Å². The Bertz CT molecular complexity index is 1050. The molecule has 0 bridgehead atoms. The van der Waals surface area contributed by atoms with Crippen LogP contribution >= 0.6 is 0 Å². The maximum Gasteiger partial charge on any atom is 0.330 e. The molecule has 2 rings (SSSR count). The quantitative estimate of drug-likeness (QED) is 0.613. The van der Waals surface area contributed by atoms with Gasteiger partial charge in [-0.25, -0.2) is 4.79 Å². The van der Waals surface area contributed by atoms with E-state index in [9.17, 15) is 14.4 Å². The predicted molar refractivity (Wildman–Crippen MR) is 111 cm³/mol. The maximum absolute atomic E-state index is 12.9. The minimum absolute atomic E-state index is 0.0196. The van der Waals surface area contributed by atoms with Crippen molar-refractivity contribution in [1.82, 2.24) is 9.55 Å². The number of amides is 1. The van der Waals surface area contributed by atoms with Gasteiger partial charge in [0.2, 0.25) is 0 Å². The lowest BCUT2D eigenvalue weighted by Crippen LogP contribution is -2.44. The van der Waals surface area contributed by atoms with Crippen molar-refractivity contribution in [3.63, 3.8) is 0 Å². The predicted octanol–water partition coefficient (Wildman–Crippen LogP) is 0.705. The Balaban J connectivity index is 2.40.